The fourth-order valence-corrected chi connectivity index (χ4v) is 1.90. The number of methoxy groups -OCH3 is 1. The Hall–Kier alpha value is -2.20. The van der Waals surface area contributed by atoms with Crippen molar-refractivity contribution < 1.29 is 9.53 Å². The van der Waals surface area contributed by atoms with E-state index in [0.29, 0.717) is 28.6 Å². The lowest BCUT2D eigenvalue weighted by Crippen LogP contribution is -2.23. The molecule has 1 amide bonds. The van der Waals surface area contributed by atoms with Crippen molar-refractivity contribution in [3.63, 3.8) is 0 Å². The van der Waals surface area contributed by atoms with Crippen LogP contribution in [0.1, 0.15) is 15.9 Å². The number of rotatable bonds is 4. The van der Waals surface area contributed by atoms with Gasteiger partial charge in [-0.15, -0.1) is 0 Å². The third-order valence-corrected chi connectivity index (χ3v) is 3.09. The molecule has 0 unspecified atom stereocenters. The number of halogens is 1. The number of carbonyl (C=O) groups excluding carboxylic acids is 1. The predicted molar refractivity (Wildman–Crippen MR) is 80.0 cm³/mol. The molecule has 0 aliphatic heterocycles. The summed E-state index contributed by atoms with van der Waals surface area (Å²) < 4.78 is 5.16. The number of amides is 1. The van der Waals surface area contributed by atoms with E-state index >= 15 is 0 Å². The summed E-state index contributed by atoms with van der Waals surface area (Å²) in [5.41, 5.74) is 7.63. The third kappa shape index (κ3) is 3.42. The van der Waals surface area contributed by atoms with Crippen molar-refractivity contribution in [1.82, 2.24) is 5.32 Å². The van der Waals surface area contributed by atoms with Gasteiger partial charge >= 0.3 is 0 Å². The van der Waals surface area contributed by atoms with Crippen LogP contribution in [-0.2, 0) is 6.54 Å². The lowest BCUT2D eigenvalue weighted by molar-refractivity contribution is 0.0948. The second-order valence-electron chi connectivity index (χ2n) is 4.27. The molecule has 0 bridgehead atoms. The maximum absolute atomic E-state index is 12.1. The molecule has 0 radical (unpaired) electrons. The second-order valence-corrected chi connectivity index (χ2v) is 4.71. The van der Waals surface area contributed by atoms with Gasteiger partial charge in [0.15, 0.2) is 0 Å². The smallest absolute Gasteiger partial charge is 0.255 e. The van der Waals surface area contributed by atoms with Crippen LogP contribution in [0, 0.1) is 0 Å². The first-order valence-corrected chi connectivity index (χ1v) is 6.44. The first-order valence-electron chi connectivity index (χ1n) is 6.06. The fourth-order valence-electron chi connectivity index (χ4n) is 1.78. The molecular weight excluding hydrogens is 276 g/mol. The zero-order valence-electron chi connectivity index (χ0n) is 11.0. The zero-order chi connectivity index (χ0) is 14.5. The number of nitrogens with one attached hydrogen (secondary N) is 1. The Morgan fingerprint density at radius 3 is 2.60 bits per heavy atom. The van der Waals surface area contributed by atoms with Crippen LogP contribution in [0.4, 0.5) is 5.69 Å². The van der Waals surface area contributed by atoms with Crippen molar-refractivity contribution in [3.05, 3.63) is 58.6 Å². The van der Waals surface area contributed by atoms with E-state index < -0.39 is 0 Å². The Labute approximate surface area is 122 Å². The largest absolute Gasteiger partial charge is 0.496 e. The van der Waals surface area contributed by atoms with Crippen molar-refractivity contribution in [2.45, 2.75) is 6.54 Å². The molecule has 0 saturated heterocycles. The number of ether oxygens (including phenoxy) is 1. The van der Waals surface area contributed by atoms with E-state index in [-0.39, 0.29) is 5.91 Å². The summed E-state index contributed by atoms with van der Waals surface area (Å²) in [5.74, 6) is 0.246. The van der Waals surface area contributed by atoms with Gasteiger partial charge in [-0.25, -0.2) is 0 Å². The summed E-state index contributed by atoms with van der Waals surface area (Å²) in [5, 5.41) is 3.49. The van der Waals surface area contributed by atoms with Crippen LogP contribution in [0.5, 0.6) is 5.75 Å². The summed E-state index contributed by atoms with van der Waals surface area (Å²) in [7, 11) is 1.50. The lowest BCUT2D eigenvalue weighted by Gasteiger charge is -2.10. The fraction of sp³-hybridized carbons (Fsp3) is 0.133. The van der Waals surface area contributed by atoms with Gasteiger partial charge in [-0.1, -0.05) is 23.7 Å². The maximum atomic E-state index is 12.1. The Morgan fingerprint density at radius 2 is 1.95 bits per heavy atom. The molecule has 0 heterocycles. The number of hydrogen-bond acceptors (Lipinski definition) is 3. The van der Waals surface area contributed by atoms with Crippen LogP contribution in [-0.4, -0.2) is 13.0 Å². The maximum Gasteiger partial charge on any atom is 0.255 e. The molecule has 5 heteroatoms. The quantitative estimate of drug-likeness (QED) is 0.851. The van der Waals surface area contributed by atoms with Crippen LogP contribution < -0.4 is 15.8 Å². The van der Waals surface area contributed by atoms with E-state index in [0.717, 1.165) is 5.56 Å². The van der Waals surface area contributed by atoms with Gasteiger partial charge in [0, 0.05) is 23.3 Å². The Balaban J connectivity index is 2.07. The van der Waals surface area contributed by atoms with Crippen LogP contribution in [0.2, 0.25) is 5.02 Å². The van der Waals surface area contributed by atoms with Gasteiger partial charge in [-0.2, -0.15) is 0 Å². The van der Waals surface area contributed by atoms with Crippen molar-refractivity contribution in [1.29, 1.82) is 0 Å². The van der Waals surface area contributed by atoms with Crippen LogP contribution in [0.25, 0.3) is 0 Å². The van der Waals surface area contributed by atoms with Crippen LogP contribution >= 0.6 is 11.6 Å². The van der Waals surface area contributed by atoms with Crippen molar-refractivity contribution in [2.75, 3.05) is 12.8 Å². The molecular formula is C15H15ClN2O2. The third-order valence-electron chi connectivity index (χ3n) is 2.84. The van der Waals surface area contributed by atoms with E-state index in [9.17, 15) is 4.79 Å². The molecule has 2 aromatic rings. The lowest BCUT2D eigenvalue weighted by atomic mass is 10.1. The molecule has 0 fully saturated rings. The molecule has 0 aromatic heterocycles. The summed E-state index contributed by atoms with van der Waals surface area (Å²) in [4.78, 5) is 12.1. The van der Waals surface area contributed by atoms with E-state index in [1.807, 2.05) is 12.1 Å². The molecule has 0 aliphatic carbocycles. The van der Waals surface area contributed by atoms with Crippen molar-refractivity contribution in [2.24, 2.45) is 0 Å². The summed E-state index contributed by atoms with van der Waals surface area (Å²) >= 11 is 5.81. The first-order chi connectivity index (χ1) is 9.60. The predicted octanol–water partition coefficient (Wildman–Crippen LogP) is 2.86. The SMILES string of the molecule is COc1cc(N)ccc1C(=O)NCc1ccc(Cl)cc1. The van der Waals surface area contributed by atoms with Gasteiger partial charge < -0.3 is 15.8 Å². The molecule has 0 spiro atoms. The highest BCUT2D eigenvalue weighted by molar-refractivity contribution is 6.30. The summed E-state index contributed by atoms with van der Waals surface area (Å²) in [6.07, 6.45) is 0. The standard InChI is InChI=1S/C15H15ClN2O2/c1-20-14-8-12(17)6-7-13(14)15(19)18-9-10-2-4-11(16)5-3-10/h2-8H,9,17H2,1H3,(H,18,19). The number of benzene rings is 2. The average molecular weight is 291 g/mol. The van der Waals surface area contributed by atoms with Crippen LogP contribution in [0.15, 0.2) is 42.5 Å². The van der Waals surface area contributed by atoms with Gasteiger partial charge in [-0.3, -0.25) is 4.79 Å². The Kier molecular flexibility index (Phi) is 4.48. The van der Waals surface area contributed by atoms with Crippen LogP contribution in [0.3, 0.4) is 0 Å². The number of anilines is 1. The van der Waals surface area contributed by atoms with E-state index in [4.69, 9.17) is 22.1 Å². The number of nitrogens with two attached hydrogens (primary N) is 1. The van der Waals surface area contributed by atoms with Gasteiger partial charge in [0.05, 0.1) is 12.7 Å². The van der Waals surface area contributed by atoms with E-state index in [1.165, 1.54) is 7.11 Å². The minimum absolute atomic E-state index is 0.211. The minimum atomic E-state index is -0.211. The van der Waals surface area contributed by atoms with Crippen molar-refractivity contribution >= 4 is 23.2 Å². The van der Waals surface area contributed by atoms with Gasteiger partial charge in [0.2, 0.25) is 0 Å². The average Bonchev–Trinajstić information content (AvgIpc) is 2.46. The molecule has 2 aromatic carbocycles. The zero-order valence-corrected chi connectivity index (χ0v) is 11.8. The molecule has 104 valence electrons. The normalized spacial score (nSPS) is 10.1. The van der Waals surface area contributed by atoms with Crippen molar-refractivity contribution in [3.8, 4) is 5.75 Å². The molecule has 20 heavy (non-hydrogen) atoms. The topological polar surface area (TPSA) is 64.3 Å². The number of carbonyl (C=O) groups is 1. The minimum Gasteiger partial charge on any atom is -0.496 e. The first kappa shape index (κ1) is 14.2. The number of nitrogen functional groups attached to an aromatic ring is 1. The molecule has 0 saturated carbocycles. The Morgan fingerprint density at radius 1 is 1.25 bits per heavy atom. The highest BCUT2D eigenvalue weighted by Crippen LogP contribution is 2.21. The molecule has 4 nitrogen and oxygen atoms in total. The van der Waals surface area contributed by atoms with E-state index in [2.05, 4.69) is 5.32 Å². The van der Waals surface area contributed by atoms with Gasteiger partial charge in [0.1, 0.15) is 5.75 Å². The number of hydrogen-bond donors (Lipinski definition) is 2. The Bertz CT molecular complexity index is 612. The molecule has 0 atom stereocenters. The molecule has 2 rings (SSSR count). The van der Waals surface area contributed by atoms with Gasteiger partial charge in [-0.05, 0) is 29.8 Å². The second kappa shape index (κ2) is 6.30. The molecule has 3 N–H and O–H groups in total. The molecule has 0 aliphatic rings. The summed E-state index contributed by atoms with van der Waals surface area (Å²) in [6.45, 7) is 0.420. The van der Waals surface area contributed by atoms with Gasteiger partial charge in [0.25, 0.3) is 5.91 Å². The summed E-state index contributed by atoms with van der Waals surface area (Å²) in [6, 6.07) is 12.2. The highest BCUT2D eigenvalue weighted by Gasteiger charge is 2.12. The van der Waals surface area contributed by atoms with E-state index in [1.54, 1.807) is 30.3 Å². The highest BCUT2D eigenvalue weighted by atomic mass is 35.5. The monoisotopic (exact) mass is 290 g/mol.